The van der Waals surface area contributed by atoms with Gasteiger partial charge in [0.05, 0.1) is 16.1 Å². The Morgan fingerprint density at radius 3 is 2.21 bits per heavy atom. The number of anilines is 1. The number of hydrogen-bond donors (Lipinski definition) is 1. The maximum atomic E-state index is 13.3. The van der Waals surface area contributed by atoms with Gasteiger partial charge in [0.25, 0.3) is 10.0 Å². The molecule has 0 unspecified atom stereocenters. The Labute approximate surface area is 198 Å². The Kier molecular flexibility index (Phi) is 7.56. The van der Waals surface area contributed by atoms with Crippen LogP contribution >= 0.6 is 23.2 Å². The molecule has 0 heterocycles. The molecule has 1 N–H and O–H groups in total. The number of nitrogens with one attached hydrogen (secondary N) is 1. The number of hydrogen-bond acceptors (Lipinski definition) is 3. The first-order valence-corrected chi connectivity index (χ1v) is 11.6. The standard InChI is InChI=1S/C22H17Cl2F3N2O3S/c23-17-7-9-20(10-8-17)33(31,32)29(19-6-2-5-18(24)12-19)14-21(30)28-13-15-3-1-4-16(11-15)22(25,26)27/h1-12H,13-14H2,(H,28,30). The number of sulfonamides is 1. The topological polar surface area (TPSA) is 66.5 Å². The van der Waals surface area contributed by atoms with E-state index < -0.39 is 34.2 Å². The van der Waals surface area contributed by atoms with Crippen LogP contribution in [0.25, 0.3) is 0 Å². The van der Waals surface area contributed by atoms with Crippen LogP contribution in [0.15, 0.2) is 77.7 Å². The lowest BCUT2D eigenvalue weighted by Gasteiger charge is -2.24. The van der Waals surface area contributed by atoms with E-state index >= 15 is 0 Å². The fourth-order valence-electron chi connectivity index (χ4n) is 2.92. The second kappa shape index (κ2) is 10.0. The summed E-state index contributed by atoms with van der Waals surface area (Å²) >= 11 is 11.8. The molecule has 0 saturated heterocycles. The first kappa shape index (κ1) is 24.9. The first-order chi connectivity index (χ1) is 15.5. The van der Waals surface area contributed by atoms with Gasteiger partial charge in [0.1, 0.15) is 6.54 Å². The van der Waals surface area contributed by atoms with Crippen LogP contribution in [0.5, 0.6) is 0 Å². The summed E-state index contributed by atoms with van der Waals surface area (Å²) in [6.45, 7) is -0.836. The maximum Gasteiger partial charge on any atom is 0.416 e. The van der Waals surface area contributed by atoms with Crippen molar-refractivity contribution in [3.63, 3.8) is 0 Å². The van der Waals surface area contributed by atoms with Crippen LogP contribution in [-0.4, -0.2) is 20.9 Å². The number of nitrogens with zero attached hydrogens (tertiary/aromatic N) is 1. The molecule has 0 saturated carbocycles. The highest BCUT2D eigenvalue weighted by atomic mass is 35.5. The number of carbonyl (C=O) groups is 1. The molecule has 3 aromatic carbocycles. The largest absolute Gasteiger partial charge is 0.416 e. The molecule has 0 aliphatic heterocycles. The van der Waals surface area contributed by atoms with E-state index in [0.717, 1.165) is 16.4 Å². The average molecular weight is 517 g/mol. The van der Waals surface area contributed by atoms with E-state index in [1.165, 1.54) is 54.6 Å². The fourth-order valence-corrected chi connectivity index (χ4v) is 4.65. The molecule has 0 aromatic heterocycles. The number of carbonyl (C=O) groups excluding carboxylic acids is 1. The molecular formula is C22H17Cl2F3N2O3S. The van der Waals surface area contributed by atoms with Gasteiger partial charge in [-0.15, -0.1) is 0 Å². The van der Waals surface area contributed by atoms with E-state index in [0.29, 0.717) is 5.02 Å². The fraction of sp³-hybridized carbons (Fsp3) is 0.136. The third-order valence-electron chi connectivity index (χ3n) is 4.53. The predicted octanol–water partition coefficient (Wildman–Crippen LogP) is 5.52. The predicted molar refractivity (Wildman–Crippen MR) is 121 cm³/mol. The highest BCUT2D eigenvalue weighted by Crippen LogP contribution is 2.30. The molecule has 0 spiro atoms. The number of amides is 1. The minimum atomic E-state index is -4.52. The average Bonchev–Trinajstić information content (AvgIpc) is 2.76. The Morgan fingerprint density at radius 2 is 1.58 bits per heavy atom. The van der Waals surface area contributed by atoms with Gasteiger partial charge in [-0.05, 0) is 60.2 Å². The van der Waals surface area contributed by atoms with Gasteiger partial charge >= 0.3 is 6.18 Å². The minimum absolute atomic E-state index is 0.0995. The summed E-state index contributed by atoms with van der Waals surface area (Å²) in [5.41, 5.74) is -0.486. The third-order valence-corrected chi connectivity index (χ3v) is 6.80. The molecule has 0 aliphatic carbocycles. The zero-order valence-corrected chi connectivity index (χ0v) is 19.1. The second-order valence-electron chi connectivity index (χ2n) is 6.92. The van der Waals surface area contributed by atoms with E-state index in [9.17, 15) is 26.4 Å². The summed E-state index contributed by atoms with van der Waals surface area (Å²) in [5.74, 6) is -0.718. The smallest absolute Gasteiger partial charge is 0.350 e. The van der Waals surface area contributed by atoms with E-state index in [4.69, 9.17) is 23.2 Å². The molecule has 0 bridgehead atoms. The Hall–Kier alpha value is -2.75. The van der Waals surface area contributed by atoms with E-state index in [1.54, 1.807) is 6.07 Å². The van der Waals surface area contributed by atoms with Crippen LogP contribution in [0.4, 0.5) is 18.9 Å². The van der Waals surface area contributed by atoms with Crippen LogP contribution < -0.4 is 9.62 Å². The zero-order chi connectivity index (χ0) is 24.2. The molecule has 0 atom stereocenters. The normalized spacial score (nSPS) is 11.8. The van der Waals surface area contributed by atoms with Crippen molar-refractivity contribution in [2.24, 2.45) is 0 Å². The highest BCUT2D eigenvalue weighted by molar-refractivity contribution is 7.92. The number of halogens is 5. The molecule has 1 amide bonds. The van der Waals surface area contributed by atoms with E-state index in [1.807, 2.05) is 0 Å². The molecular weight excluding hydrogens is 500 g/mol. The maximum absolute atomic E-state index is 13.3. The van der Waals surface area contributed by atoms with Crippen molar-refractivity contribution in [2.75, 3.05) is 10.8 Å². The van der Waals surface area contributed by atoms with Crippen molar-refractivity contribution in [1.29, 1.82) is 0 Å². The van der Waals surface area contributed by atoms with Gasteiger partial charge in [0, 0.05) is 16.6 Å². The second-order valence-corrected chi connectivity index (χ2v) is 9.66. The van der Waals surface area contributed by atoms with Crippen molar-refractivity contribution in [3.05, 3.63) is 94.0 Å². The molecule has 3 rings (SSSR count). The van der Waals surface area contributed by atoms with Gasteiger partial charge in [-0.3, -0.25) is 9.10 Å². The van der Waals surface area contributed by atoms with Gasteiger partial charge in [-0.25, -0.2) is 8.42 Å². The molecule has 0 fully saturated rings. The van der Waals surface area contributed by atoms with Crippen molar-refractivity contribution in [2.45, 2.75) is 17.6 Å². The number of rotatable bonds is 7. The summed E-state index contributed by atoms with van der Waals surface area (Å²) < 4.78 is 66.1. The first-order valence-electron chi connectivity index (χ1n) is 9.43. The van der Waals surface area contributed by atoms with Crippen LogP contribution in [0, 0.1) is 0 Å². The highest BCUT2D eigenvalue weighted by Gasteiger charge is 2.30. The summed E-state index contributed by atoms with van der Waals surface area (Å²) in [6, 6.07) is 15.8. The van der Waals surface area contributed by atoms with Crippen LogP contribution in [0.3, 0.4) is 0 Å². The summed E-state index contributed by atoms with van der Waals surface area (Å²) in [5, 5.41) is 3.05. The van der Waals surface area contributed by atoms with E-state index in [2.05, 4.69) is 5.32 Å². The molecule has 5 nitrogen and oxygen atoms in total. The quantitative estimate of drug-likeness (QED) is 0.449. The zero-order valence-electron chi connectivity index (χ0n) is 16.8. The van der Waals surface area contributed by atoms with Crippen LogP contribution in [0.2, 0.25) is 10.0 Å². The molecule has 0 radical (unpaired) electrons. The van der Waals surface area contributed by atoms with Crippen molar-refractivity contribution in [1.82, 2.24) is 5.32 Å². The van der Waals surface area contributed by atoms with Crippen LogP contribution in [0.1, 0.15) is 11.1 Å². The van der Waals surface area contributed by atoms with Gasteiger partial charge < -0.3 is 5.32 Å². The monoisotopic (exact) mass is 516 g/mol. The Balaban J connectivity index is 1.83. The lowest BCUT2D eigenvalue weighted by Crippen LogP contribution is -2.40. The van der Waals surface area contributed by atoms with Gasteiger partial charge in [-0.2, -0.15) is 13.2 Å². The lowest BCUT2D eigenvalue weighted by molar-refractivity contribution is -0.137. The van der Waals surface area contributed by atoms with Gasteiger partial charge in [-0.1, -0.05) is 41.4 Å². The van der Waals surface area contributed by atoms with Crippen molar-refractivity contribution >= 4 is 44.8 Å². The molecule has 11 heteroatoms. The lowest BCUT2D eigenvalue weighted by atomic mass is 10.1. The van der Waals surface area contributed by atoms with Crippen molar-refractivity contribution < 1.29 is 26.4 Å². The summed E-state index contributed by atoms with van der Waals surface area (Å²) in [6.07, 6.45) is -4.52. The third kappa shape index (κ3) is 6.40. The Bertz CT molecular complexity index is 1250. The number of alkyl halides is 3. The SMILES string of the molecule is O=C(CN(c1cccc(Cl)c1)S(=O)(=O)c1ccc(Cl)cc1)NCc1cccc(C(F)(F)F)c1. The van der Waals surface area contributed by atoms with E-state index in [-0.39, 0.29) is 27.7 Å². The molecule has 174 valence electrons. The van der Waals surface area contributed by atoms with Crippen LogP contribution in [-0.2, 0) is 27.5 Å². The minimum Gasteiger partial charge on any atom is -0.350 e. The molecule has 0 aliphatic rings. The number of benzene rings is 3. The molecule has 3 aromatic rings. The molecule has 33 heavy (non-hydrogen) atoms. The summed E-state index contributed by atoms with van der Waals surface area (Å²) in [4.78, 5) is 12.5. The summed E-state index contributed by atoms with van der Waals surface area (Å²) in [7, 11) is -4.19. The van der Waals surface area contributed by atoms with Gasteiger partial charge in [0.15, 0.2) is 0 Å². The van der Waals surface area contributed by atoms with Crippen molar-refractivity contribution in [3.8, 4) is 0 Å². The van der Waals surface area contributed by atoms with Gasteiger partial charge in [0.2, 0.25) is 5.91 Å². The Morgan fingerprint density at radius 1 is 0.909 bits per heavy atom.